The molecule has 3 N–H and O–H groups in total. The Bertz CT molecular complexity index is 1590. The van der Waals surface area contributed by atoms with E-state index >= 15 is 0 Å². The average molecular weight is 586 g/mol. The summed E-state index contributed by atoms with van der Waals surface area (Å²) in [4.78, 5) is 35.2. The van der Waals surface area contributed by atoms with E-state index in [1.165, 1.54) is 0 Å². The highest BCUT2D eigenvalue weighted by Gasteiger charge is 2.44. The van der Waals surface area contributed by atoms with Crippen molar-refractivity contribution in [3.05, 3.63) is 65.6 Å². The Morgan fingerprint density at radius 3 is 2.58 bits per heavy atom. The first-order chi connectivity index (χ1) is 20.9. The molecular weight excluding hydrogens is 550 g/mol. The van der Waals surface area contributed by atoms with Crippen molar-refractivity contribution in [1.29, 1.82) is 0 Å². The molecule has 224 valence electrons. The normalized spacial score (nSPS) is 16.7. The van der Waals surface area contributed by atoms with Crippen LogP contribution in [0.4, 0.5) is 23.4 Å². The number of fused-ring (bicyclic) bond motifs is 1. The standard InChI is InChI=1S/C30H35N9O4/c1-4-10-39-27(41)21-17-32-28(35-25(21)30(39,2)3)34-24-15-22(33-23(18-40)19-8-6-5-7-9-19)20(16-31-24)26-36-29(37-43-26)38-11-13-42-14-12-38/h5-9,15-17,23,40H,4,10-14,18H2,1-3H3,(H2,31,32,33,34,35)/t23-/m1/s1. The molecule has 43 heavy (non-hydrogen) atoms. The topological polar surface area (TPSA) is 155 Å². The summed E-state index contributed by atoms with van der Waals surface area (Å²) in [6, 6.07) is 11.0. The Labute approximate surface area is 249 Å². The number of hydrogen-bond donors (Lipinski definition) is 3. The van der Waals surface area contributed by atoms with E-state index in [2.05, 4.69) is 30.7 Å². The Balaban J connectivity index is 1.33. The molecule has 13 heteroatoms. The molecule has 1 amide bonds. The Morgan fingerprint density at radius 1 is 1.07 bits per heavy atom. The third-order valence-corrected chi connectivity index (χ3v) is 7.76. The minimum Gasteiger partial charge on any atom is -0.394 e. The lowest BCUT2D eigenvalue weighted by atomic mass is 10.0. The van der Waals surface area contributed by atoms with Crippen molar-refractivity contribution in [2.24, 2.45) is 0 Å². The molecule has 1 atom stereocenters. The molecule has 1 saturated heterocycles. The highest BCUT2D eigenvalue weighted by Crippen LogP contribution is 2.38. The van der Waals surface area contributed by atoms with Crippen LogP contribution < -0.4 is 15.5 Å². The van der Waals surface area contributed by atoms with Gasteiger partial charge < -0.3 is 34.8 Å². The maximum absolute atomic E-state index is 13.0. The van der Waals surface area contributed by atoms with E-state index in [4.69, 9.17) is 14.2 Å². The number of aromatic nitrogens is 5. The first kappa shape index (κ1) is 28.5. The molecule has 0 radical (unpaired) electrons. The number of ether oxygens (including phenoxy) is 1. The second kappa shape index (κ2) is 11.9. The fourth-order valence-electron chi connectivity index (χ4n) is 5.45. The van der Waals surface area contributed by atoms with Crippen LogP contribution in [0.15, 0.2) is 53.3 Å². The molecule has 13 nitrogen and oxygen atoms in total. The molecule has 1 aromatic carbocycles. The number of rotatable bonds is 10. The number of amides is 1. The maximum Gasteiger partial charge on any atom is 0.266 e. The van der Waals surface area contributed by atoms with Crippen LogP contribution in [0.5, 0.6) is 0 Å². The van der Waals surface area contributed by atoms with Crippen molar-refractivity contribution in [3.8, 4) is 11.5 Å². The van der Waals surface area contributed by atoms with Gasteiger partial charge in [-0.1, -0.05) is 37.3 Å². The van der Waals surface area contributed by atoms with Gasteiger partial charge in [0.2, 0.25) is 5.95 Å². The number of carbonyl (C=O) groups excluding carboxylic acids is 1. The summed E-state index contributed by atoms with van der Waals surface area (Å²) in [5, 5.41) is 21.1. The lowest BCUT2D eigenvalue weighted by Crippen LogP contribution is -2.39. The fraction of sp³-hybridized carbons (Fsp3) is 0.400. The number of hydrogen-bond acceptors (Lipinski definition) is 12. The number of aliphatic hydroxyl groups is 1. The minimum absolute atomic E-state index is 0.0608. The van der Waals surface area contributed by atoms with Crippen LogP contribution in [0.2, 0.25) is 0 Å². The number of nitrogens with one attached hydrogen (secondary N) is 2. The minimum atomic E-state index is -0.564. The fourth-order valence-corrected chi connectivity index (χ4v) is 5.45. The molecule has 0 bridgehead atoms. The molecule has 0 saturated carbocycles. The summed E-state index contributed by atoms with van der Waals surface area (Å²) in [7, 11) is 0. The van der Waals surface area contributed by atoms with Crippen LogP contribution in [-0.4, -0.2) is 80.5 Å². The molecule has 3 aromatic heterocycles. The molecule has 5 heterocycles. The molecule has 2 aliphatic rings. The third kappa shape index (κ3) is 5.60. The summed E-state index contributed by atoms with van der Waals surface area (Å²) >= 11 is 0. The number of pyridine rings is 1. The average Bonchev–Trinajstić information content (AvgIpc) is 3.59. The predicted molar refractivity (Wildman–Crippen MR) is 160 cm³/mol. The maximum atomic E-state index is 13.0. The van der Waals surface area contributed by atoms with E-state index in [-0.39, 0.29) is 18.4 Å². The molecule has 4 aromatic rings. The third-order valence-electron chi connectivity index (χ3n) is 7.76. The van der Waals surface area contributed by atoms with Crippen LogP contribution in [0.25, 0.3) is 11.5 Å². The highest BCUT2D eigenvalue weighted by atomic mass is 16.5. The predicted octanol–water partition coefficient (Wildman–Crippen LogP) is 3.75. The summed E-state index contributed by atoms with van der Waals surface area (Å²) in [5.41, 5.74) is 2.71. The van der Waals surface area contributed by atoms with Crippen LogP contribution in [-0.2, 0) is 10.3 Å². The van der Waals surface area contributed by atoms with Gasteiger partial charge in [-0.15, -0.1) is 0 Å². The Kier molecular flexibility index (Phi) is 7.91. The Hall–Kier alpha value is -4.62. The van der Waals surface area contributed by atoms with E-state index in [9.17, 15) is 9.90 Å². The summed E-state index contributed by atoms with van der Waals surface area (Å²) in [5.74, 6) is 1.48. The number of benzene rings is 1. The Morgan fingerprint density at radius 2 is 1.84 bits per heavy atom. The van der Waals surface area contributed by atoms with Gasteiger partial charge in [-0.3, -0.25) is 4.79 Å². The summed E-state index contributed by atoms with van der Waals surface area (Å²) in [6.45, 7) is 9.06. The number of aliphatic hydroxyl groups excluding tert-OH is 1. The molecule has 2 aliphatic heterocycles. The number of carbonyl (C=O) groups is 1. The van der Waals surface area contributed by atoms with Gasteiger partial charge in [-0.2, -0.15) is 4.98 Å². The summed E-state index contributed by atoms with van der Waals surface area (Å²) < 4.78 is 11.1. The van der Waals surface area contributed by atoms with Crippen molar-refractivity contribution in [2.75, 3.05) is 55.0 Å². The molecular formula is C30H35N9O4. The molecule has 6 rings (SSSR count). The zero-order chi connectivity index (χ0) is 30.0. The van der Waals surface area contributed by atoms with Crippen LogP contribution in [0.1, 0.15) is 54.8 Å². The monoisotopic (exact) mass is 585 g/mol. The van der Waals surface area contributed by atoms with E-state index in [1.54, 1.807) is 18.5 Å². The van der Waals surface area contributed by atoms with Crippen LogP contribution in [0, 0.1) is 0 Å². The van der Waals surface area contributed by atoms with Gasteiger partial charge in [0.25, 0.3) is 17.7 Å². The smallest absolute Gasteiger partial charge is 0.266 e. The van der Waals surface area contributed by atoms with E-state index in [1.807, 2.05) is 60.9 Å². The van der Waals surface area contributed by atoms with Crippen LogP contribution in [0.3, 0.4) is 0 Å². The van der Waals surface area contributed by atoms with Crippen molar-refractivity contribution in [3.63, 3.8) is 0 Å². The van der Waals surface area contributed by atoms with E-state index in [0.29, 0.717) is 73.1 Å². The van der Waals surface area contributed by atoms with Crippen molar-refractivity contribution < 1.29 is 19.2 Å². The van der Waals surface area contributed by atoms with Crippen molar-refractivity contribution in [1.82, 2.24) is 30.0 Å². The molecule has 1 fully saturated rings. The second-order valence-electron chi connectivity index (χ2n) is 11.0. The van der Waals surface area contributed by atoms with E-state index in [0.717, 1.165) is 12.0 Å². The quantitative estimate of drug-likeness (QED) is 0.248. The zero-order valence-electron chi connectivity index (χ0n) is 24.4. The SMILES string of the molecule is CCCN1C(=O)c2cnc(Nc3cc(N[C@H](CO)c4ccccc4)c(-c4nc(N5CCOCC5)no4)cn3)nc2C1(C)C. The van der Waals surface area contributed by atoms with Gasteiger partial charge in [-0.25, -0.2) is 15.0 Å². The first-order valence-electron chi connectivity index (χ1n) is 14.4. The number of anilines is 4. The molecule has 0 unspecified atom stereocenters. The zero-order valence-corrected chi connectivity index (χ0v) is 24.4. The lowest BCUT2D eigenvalue weighted by molar-refractivity contribution is 0.0615. The lowest BCUT2D eigenvalue weighted by Gasteiger charge is -2.31. The largest absolute Gasteiger partial charge is 0.394 e. The second-order valence-corrected chi connectivity index (χ2v) is 11.0. The van der Waals surface area contributed by atoms with E-state index < -0.39 is 11.6 Å². The molecule has 0 spiro atoms. The highest BCUT2D eigenvalue weighted by molar-refractivity contribution is 5.99. The van der Waals surface area contributed by atoms with Gasteiger partial charge in [0.15, 0.2) is 0 Å². The van der Waals surface area contributed by atoms with Gasteiger partial charge in [-0.05, 0) is 31.0 Å². The summed E-state index contributed by atoms with van der Waals surface area (Å²) in [6.07, 6.45) is 4.05. The van der Waals surface area contributed by atoms with Gasteiger partial charge >= 0.3 is 0 Å². The first-order valence-corrected chi connectivity index (χ1v) is 14.4. The molecule has 0 aliphatic carbocycles. The van der Waals surface area contributed by atoms with Gasteiger partial charge in [0, 0.05) is 38.1 Å². The van der Waals surface area contributed by atoms with Gasteiger partial charge in [0.05, 0.1) is 53.9 Å². The number of morpholine rings is 1. The van der Waals surface area contributed by atoms with Crippen molar-refractivity contribution in [2.45, 2.75) is 38.8 Å². The van der Waals surface area contributed by atoms with Crippen molar-refractivity contribution >= 4 is 29.3 Å². The van der Waals surface area contributed by atoms with Crippen LogP contribution >= 0.6 is 0 Å². The number of nitrogens with zero attached hydrogens (tertiary/aromatic N) is 7. The van der Waals surface area contributed by atoms with Gasteiger partial charge in [0.1, 0.15) is 5.82 Å².